The summed E-state index contributed by atoms with van der Waals surface area (Å²) in [6.45, 7) is 0. The van der Waals surface area contributed by atoms with E-state index in [2.05, 4.69) is 35.9 Å². The van der Waals surface area contributed by atoms with Gasteiger partial charge in [-0.3, -0.25) is 4.98 Å². The van der Waals surface area contributed by atoms with E-state index in [-0.39, 0.29) is 0 Å². The lowest BCUT2D eigenvalue weighted by Gasteiger charge is -2.01. The molecule has 4 nitrogen and oxygen atoms in total. The molecular weight excluding hydrogens is 268 g/mol. The fraction of sp³-hybridized carbons (Fsp3) is 0. The van der Waals surface area contributed by atoms with Crippen LogP contribution in [-0.2, 0) is 0 Å². The molecule has 0 bridgehead atoms. The summed E-state index contributed by atoms with van der Waals surface area (Å²) in [7, 11) is 0. The van der Waals surface area contributed by atoms with Crippen LogP contribution in [0, 0.1) is 0 Å². The molecule has 0 amide bonds. The minimum Gasteiger partial charge on any atom is -0.345 e. The third-order valence-corrected chi connectivity index (χ3v) is 2.98. The van der Waals surface area contributed by atoms with Crippen molar-refractivity contribution in [2.75, 3.05) is 0 Å². The molecule has 3 heterocycles. The second-order valence-corrected chi connectivity index (χ2v) is 4.18. The topological polar surface area (TPSA) is 54.5 Å². The van der Waals surface area contributed by atoms with Gasteiger partial charge in [0.15, 0.2) is 0 Å². The number of fused-ring (bicyclic) bond motifs is 1. The van der Waals surface area contributed by atoms with Gasteiger partial charge in [-0.25, -0.2) is 9.97 Å². The predicted molar refractivity (Wildman–Crippen MR) is 64.8 cm³/mol. The number of aromatic amines is 1. The number of hydrogen-bond donors (Lipinski definition) is 1. The number of halogens is 1. The van der Waals surface area contributed by atoms with E-state index in [9.17, 15) is 0 Å². The fourth-order valence-corrected chi connectivity index (χ4v) is 2.14. The van der Waals surface area contributed by atoms with Gasteiger partial charge in [-0.1, -0.05) is 0 Å². The van der Waals surface area contributed by atoms with Gasteiger partial charge in [0.25, 0.3) is 0 Å². The Hall–Kier alpha value is -1.75. The molecule has 78 valence electrons. The summed E-state index contributed by atoms with van der Waals surface area (Å²) in [5, 5.41) is 0.982. The number of nitrogens with zero attached hydrogens (tertiary/aromatic N) is 3. The summed E-state index contributed by atoms with van der Waals surface area (Å²) >= 11 is 3.48. The molecule has 0 spiro atoms. The Kier molecular flexibility index (Phi) is 2.18. The molecule has 0 saturated heterocycles. The molecule has 0 radical (unpaired) electrons. The Morgan fingerprint density at radius 3 is 3.00 bits per heavy atom. The van der Waals surface area contributed by atoms with Crippen molar-refractivity contribution in [1.29, 1.82) is 0 Å². The van der Waals surface area contributed by atoms with Crippen LogP contribution in [0.15, 0.2) is 41.5 Å². The molecule has 3 aromatic rings. The average molecular weight is 275 g/mol. The van der Waals surface area contributed by atoms with Crippen molar-refractivity contribution in [3.8, 4) is 11.3 Å². The monoisotopic (exact) mass is 274 g/mol. The standard InChI is InChI=1S/C11H7BrN4/c12-8-5-14-11-9(8)10(15-6-16-11)7-2-1-3-13-4-7/h1-6H,(H,14,15,16). The van der Waals surface area contributed by atoms with Crippen molar-refractivity contribution >= 4 is 27.0 Å². The summed E-state index contributed by atoms with van der Waals surface area (Å²) in [5.74, 6) is 0. The molecule has 3 aromatic heterocycles. The van der Waals surface area contributed by atoms with Gasteiger partial charge in [-0.05, 0) is 28.1 Å². The van der Waals surface area contributed by atoms with Crippen molar-refractivity contribution in [2.24, 2.45) is 0 Å². The average Bonchev–Trinajstić information content (AvgIpc) is 2.73. The van der Waals surface area contributed by atoms with Gasteiger partial charge < -0.3 is 4.98 Å². The van der Waals surface area contributed by atoms with Crippen LogP contribution >= 0.6 is 15.9 Å². The molecular formula is C11H7BrN4. The first-order valence-corrected chi connectivity index (χ1v) is 5.53. The molecule has 0 aliphatic carbocycles. The van der Waals surface area contributed by atoms with Gasteiger partial charge in [0.2, 0.25) is 0 Å². The molecule has 5 heteroatoms. The van der Waals surface area contributed by atoms with Crippen LogP contribution in [0.1, 0.15) is 0 Å². The Morgan fingerprint density at radius 2 is 2.19 bits per heavy atom. The highest BCUT2D eigenvalue weighted by atomic mass is 79.9. The second kappa shape index (κ2) is 3.68. The van der Waals surface area contributed by atoms with E-state index in [4.69, 9.17) is 0 Å². The third kappa shape index (κ3) is 1.40. The molecule has 0 fully saturated rings. The van der Waals surface area contributed by atoms with Gasteiger partial charge in [0, 0.05) is 28.6 Å². The molecule has 0 atom stereocenters. The molecule has 0 unspecified atom stereocenters. The molecule has 16 heavy (non-hydrogen) atoms. The number of H-pyrrole nitrogens is 1. The van der Waals surface area contributed by atoms with Gasteiger partial charge in [-0.15, -0.1) is 0 Å². The number of rotatable bonds is 1. The number of pyridine rings is 1. The zero-order valence-corrected chi connectivity index (χ0v) is 9.77. The largest absolute Gasteiger partial charge is 0.345 e. The van der Waals surface area contributed by atoms with Gasteiger partial charge >= 0.3 is 0 Å². The maximum atomic E-state index is 4.31. The van der Waals surface area contributed by atoms with Crippen molar-refractivity contribution in [3.63, 3.8) is 0 Å². The highest BCUT2D eigenvalue weighted by Crippen LogP contribution is 2.30. The molecule has 0 aromatic carbocycles. The third-order valence-electron chi connectivity index (χ3n) is 2.36. The summed E-state index contributed by atoms with van der Waals surface area (Å²) in [6, 6.07) is 3.87. The van der Waals surface area contributed by atoms with Crippen LogP contribution in [-0.4, -0.2) is 19.9 Å². The van der Waals surface area contributed by atoms with Gasteiger partial charge in [0.05, 0.1) is 11.1 Å². The normalized spacial score (nSPS) is 10.8. The summed E-state index contributed by atoms with van der Waals surface area (Å²) < 4.78 is 0.960. The number of nitrogens with one attached hydrogen (secondary N) is 1. The Balaban J connectivity index is 2.36. The van der Waals surface area contributed by atoms with Crippen molar-refractivity contribution in [1.82, 2.24) is 19.9 Å². The summed E-state index contributed by atoms with van der Waals surface area (Å²) in [5.41, 5.74) is 2.68. The Morgan fingerprint density at radius 1 is 1.25 bits per heavy atom. The number of aromatic nitrogens is 4. The van der Waals surface area contributed by atoms with Crippen LogP contribution in [0.25, 0.3) is 22.3 Å². The van der Waals surface area contributed by atoms with E-state index < -0.39 is 0 Å². The first-order chi connectivity index (χ1) is 7.86. The van der Waals surface area contributed by atoms with Gasteiger partial charge in [-0.2, -0.15) is 0 Å². The SMILES string of the molecule is Brc1c[nH]c2ncnc(-c3cccnc3)c12. The first kappa shape index (κ1) is 9.47. The summed E-state index contributed by atoms with van der Waals surface area (Å²) in [4.78, 5) is 15.7. The Labute approximate surface area is 99.9 Å². The van der Waals surface area contributed by atoms with E-state index in [1.54, 1.807) is 18.7 Å². The molecule has 3 rings (SSSR count). The van der Waals surface area contributed by atoms with E-state index in [0.29, 0.717) is 0 Å². The predicted octanol–water partition coefficient (Wildman–Crippen LogP) is 2.78. The van der Waals surface area contributed by atoms with E-state index in [1.807, 2.05) is 18.3 Å². The quantitative estimate of drug-likeness (QED) is 0.743. The molecule has 1 N–H and O–H groups in total. The van der Waals surface area contributed by atoms with Crippen molar-refractivity contribution < 1.29 is 0 Å². The molecule has 0 aliphatic heterocycles. The van der Waals surface area contributed by atoms with E-state index >= 15 is 0 Å². The van der Waals surface area contributed by atoms with Crippen LogP contribution < -0.4 is 0 Å². The lowest BCUT2D eigenvalue weighted by Crippen LogP contribution is -1.87. The van der Waals surface area contributed by atoms with Crippen LogP contribution in [0.5, 0.6) is 0 Å². The lowest BCUT2D eigenvalue weighted by atomic mass is 10.1. The highest BCUT2D eigenvalue weighted by Gasteiger charge is 2.10. The zero-order valence-electron chi connectivity index (χ0n) is 8.18. The second-order valence-electron chi connectivity index (χ2n) is 3.32. The minimum absolute atomic E-state index is 0.820. The maximum absolute atomic E-state index is 4.31. The molecule has 0 aliphatic rings. The smallest absolute Gasteiger partial charge is 0.142 e. The van der Waals surface area contributed by atoms with E-state index in [1.165, 1.54) is 0 Å². The maximum Gasteiger partial charge on any atom is 0.142 e. The Bertz CT molecular complexity index is 633. The van der Waals surface area contributed by atoms with Crippen LogP contribution in [0.4, 0.5) is 0 Å². The number of hydrogen-bond acceptors (Lipinski definition) is 3. The fourth-order valence-electron chi connectivity index (χ4n) is 1.65. The first-order valence-electron chi connectivity index (χ1n) is 4.74. The lowest BCUT2D eigenvalue weighted by molar-refractivity contribution is 1.20. The van der Waals surface area contributed by atoms with Crippen molar-refractivity contribution in [3.05, 3.63) is 41.5 Å². The van der Waals surface area contributed by atoms with Crippen molar-refractivity contribution in [2.45, 2.75) is 0 Å². The van der Waals surface area contributed by atoms with E-state index in [0.717, 1.165) is 26.8 Å². The van der Waals surface area contributed by atoms with Crippen LogP contribution in [0.3, 0.4) is 0 Å². The van der Waals surface area contributed by atoms with Crippen LogP contribution in [0.2, 0.25) is 0 Å². The summed E-state index contributed by atoms with van der Waals surface area (Å²) in [6.07, 6.45) is 6.95. The minimum atomic E-state index is 0.820. The zero-order chi connectivity index (χ0) is 11.0. The highest BCUT2D eigenvalue weighted by molar-refractivity contribution is 9.10. The molecule has 0 saturated carbocycles. The van der Waals surface area contributed by atoms with Gasteiger partial charge in [0.1, 0.15) is 12.0 Å².